The van der Waals surface area contributed by atoms with Gasteiger partial charge in [0.05, 0.1) is 49.9 Å². The molecule has 0 aliphatic carbocycles. The zero-order valence-electron chi connectivity index (χ0n) is 16.5. The van der Waals surface area contributed by atoms with Crippen LogP contribution in [0.15, 0.2) is 36.4 Å². The second-order valence-electron chi connectivity index (χ2n) is 5.97. The molecule has 1 aromatic heterocycles. The van der Waals surface area contributed by atoms with Crippen LogP contribution in [0.3, 0.4) is 0 Å². The van der Waals surface area contributed by atoms with Crippen molar-refractivity contribution >= 4 is 39.8 Å². The van der Waals surface area contributed by atoms with Crippen LogP contribution >= 0.6 is 11.6 Å². The Morgan fingerprint density at radius 3 is 2.45 bits per heavy atom. The molecule has 0 saturated carbocycles. The molecule has 0 unspecified atom stereocenters. The van der Waals surface area contributed by atoms with Gasteiger partial charge in [0, 0.05) is 11.5 Å². The minimum absolute atomic E-state index is 0.172. The highest BCUT2D eigenvalue weighted by atomic mass is 35.5. The molecular weight excluding hydrogens is 396 g/mol. The van der Waals surface area contributed by atoms with Crippen molar-refractivity contribution in [3.05, 3.63) is 47.1 Å². The third kappa shape index (κ3) is 4.30. The van der Waals surface area contributed by atoms with Crippen molar-refractivity contribution in [3.8, 4) is 17.2 Å². The van der Waals surface area contributed by atoms with Crippen LogP contribution in [0.1, 0.15) is 17.4 Å². The van der Waals surface area contributed by atoms with E-state index in [9.17, 15) is 4.79 Å². The lowest BCUT2D eigenvalue weighted by Crippen LogP contribution is -2.06. The fraction of sp³-hybridized carbons (Fsp3) is 0.238. The maximum Gasteiger partial charge on any atom is 0.356 e. The van der Waals surface area contributed by atoms with E-state index >= 15 is 0 Å². The number of ether oxygens (including phenoxy) is 4. The van der Waals surface area contributed by atoms with Crippen molar-refractivity contribution in [1.82, 2.24) is 4.98 Å². The molecule has 0 atom stereocenters. The molecule has 0 fully saturated rings. The first-order chi connectivity index (χ1) is 14.0. The van der Waals surface area contributed by atoms with Gasteiger partial charge in [0.25, 0.3) is 0 Å². The van der Waals surface area contributed by atoms with Crippen LogP contribution in [-0.2, 0) is 4.74 Å². The van der Waals surface area contributed by atoms with Gasteiger partial charge in [-0.1, -0.05) is 11.6 Å². The number of rotatable bonds is 7. The Balaban J connectivity index is 2.17. The number of anilines is 2. The quantitative estimate of drug-likeness (QED) is 0.552. The Morgan fingerprint density at radius 1 is 1.03 bits per heavy atom. The van der Waals surface area contributed by atoms with Gasteiger partial charge in [0.15, 0.2) is 5.69 Å². The van der Waals surface area contributed by atoms with E-state index in [-0.39, 0.29) is 5.69 Å². The van der Waals surface area contributed by atoms with Gasteiger partial charge in [0.2, 0.25) is 0 Å². The molecule has 29 heavy (non-hydrogen) atoms. The van der Waals surface area contributed by atoms with Gasteiger partial charge in [0.1, 0.15) is 17.2 Å². The molecular formula is C21H21ClN2O5. The fourth-order valence-corrected chi connectivity index (χ4v) is 3.12. The fourth-order valence-electron chi connectivity index (χ4n) is 2.88. The van der Waals surface area contributed by atoms with E-state index in [1.54, 1.807) is 37.4 Å². The second-order valence-corrected chi connectivity index (χ2v) is 6.38. The van der Waals surface area contributed by atoms with E-state index in [1.807, 2.05) is 13.0 Å². The third-order valence-electron chi connectivity index (χ3n) is 4.23. The van der Waals surface area contributed by atoms with E-state index in [0.29, 0.717) is 45.8 Å². The van der Waals surface area contributed by atoms with Gasteiger partial charge in [-0.3, -0.25) is 0 Å². The van der Waals surface area contributed by atoms with Crippen LogP contribution < -0.4 is 19.5 Å². The summed E-state index contributed by atoms with van der Waals surface area (Å²) in [6.45, 7) is 2.44. The molecule has 7 nitrogen and oxygen atoms in total. The Kier molecular flexibility index (Phi) is 6.29. The van der Waals surface area contributed by atoms with Gasteiger partial charge in [-0.15, -0.1) is 0 Å². The minimum atomic E-state index is -0.538. The van der Waals surface area contributed by atoms with Crippen LogP contribution in [0.25, 0.3) is 10.9 Å². The zero-order chi connectivity index (χ0) is 21.0. The molecule has 0 aliphatic rings. The molecule has 0 radical (unpaired) electrons. The van der Waals surface area contributed by atoms with Crippen LogP contribution in [0, 0.1) is 0 Å². The molecule has 0 spiro atoms. The Labute approximate surface area is 173 Å². The zero-order valence-corrected chi connectivity index (χ0v) is 17.3. The number of hydrogen-bond donors (Lipinski definition) is 1. The van der Waals surface area contributed by atoms with E-state index in [0.717, 1.165) is 5.39 Å². The average molecular weight is 417 g/mol. The first kappa shape index (κ1) is 20.5. The highest BCUT2D eigenvalue weighted by Crippen LogP contribution is 2.39. The van der Waals surface area contributed by atoms with Crippen molar-refractivity contribution in [1.29, 1.82) is 0 Å². The van der Waals surface area contributed by atoms with Gasteiger partial charge >= 0.3 is 5.97 Å². The monoisotopic (exact) mass is 416 g/mol. The summed E-state index contributed by atoms with van der Waals surface area (Å²) >= 11 is 6.29. The second kappa shape index (κ2) is 8.87. The van der Waals surface area contributed by atoms with Gasteiger partial charge < -0.3 is 24.3 Å². The molecule has 1 N–H and O–H groups in total. The summed E-state index contributed by atoms with van der Waals surface area (Å²) in [5, 5.41) is 4.45. The molecule has 0 bridgehead atoms. The molecule has 8 heteroatoms. The smallest absolute Gasteiger partial charge is 0.356 e. The van der Waals surface area contributed by atoms with Gasteiger partial charge in [-0.05, 0) is 37.3 Å². The van der Waals surface area contributed by atoms with Crippen molar-refractivity contribution in [3.63, 3.8) is 0 Å². The Bertz CT molecular complexity index is 1050. The molecule has 0 saturated heterocycles. The van der Waals surface area contributed by atoms with Gasteiger partial charge in [-0.25, -0.2) is 9.78 Å². The first-order valence-corrected chi connectivity index (χ1v) is 9.23. The largest absolute Gasteiger partial charge is 0.495 e. The number of esters is 1. The highest BCUT2D eigenvalue weighted by Gasteiger charge is 2.16. The predicted molar refractivity (Wildman–Crippen MR) is 112 cm³/mol. The number of methoxy groups -OCH3 is 3. The summed E-state index contributed by atoms with van der Waals surface area (Å²) in [7, 11) is 4.39. The number of hydrogen-bond acceptors (Lipinski definition) is 7. The Morgan fingerprint density at radius 2 is 1.79 bits per heavy atom. The average Bonchev–Trinajstić information content (AvgIpc) is 2.73. The summed E-state index contributed by atoms with van der Waals surface area (Å²) in [4.78, 5) is 16.5. The predicted octanol–water partition coefficient (Wildman–Crippen LogP) is 4.83. The highest BCUT2D eigenvalue weighted by molar-refractivity contribution is 6.32. The first-order valence-electron chi connectivity index (χ1n) is 8.85. The lowest BCUT2D eigenvalue weighted by Gasteiger charge is -2.16. The number of carbonyl (C=O) groups excluding carboxylic acids is 1. The topological polar surface area (TPSA) is 78.9 Å². The van der Waals surface area contributed by atoms with Crippen LogP contribution in [0.4, 0.5) is 11.4 Å². The van der Waals surface area contributed by atoms with Crippen molar-refractivity contribution in [2.75, 3.05) is 33.3 Å². The van der Waals surface area contributed by atoms with E-state index in [2.05, 4.69) is 10.3 Å². The molecule has 152 valence electrons. The SMILES string of the molecule is CCOc1ccc2nc(C(=O)OC)cc(Nc3cc(Cl)c(OC)cc3OC)c2c1. The number of fused-ring (bicyclic) bond motifs is 1. The number of carbonyl (C=O) groups is 1. The lowest BCUT2D eigenvalue weighted by atomic mass is 10.1. The van der Waals surface area contributed by atoms with E-state index in [1.165, 1.54) is 14.2 Å². The van der Waals surface area contributed by atoms with Crippen molar-refractivity contribution < 1.29 is 23.7 Å². The number of benzene rings is 2. The van der Waals surface area contributed by atoms with Crippen molar-refractivity contribution in [2.45, 2.75) is 6.92 Å². The standard InChI is InChI=1S/C21H21ClN2O5/c1-5-29-12-6-7-15-13(8-12)16(10-18(23-15)21(25)28-4)24-17-9-14(22)19(26-2)11-20(17)27-3/h6-11H,5H2,1-4H3,(H,23,24). The van der Waals surface area contributed by atoms with Crippen molar-refractivity contribution in [2.24, 2.45) is 0 Å². The number of nitrogens with zero attached hydrogens (tertiary/aromatic N) is 1. The normalized spacial score (nSPS) is 10.5. The summed E-state index contributed by atoms with van der Waals surface area (Å²) in [6.07, 6.45) is 0. The summed E-state index contributed by atoms with van der Waals surface area (Å²) in [5.74, 6) is 1.17. The van der Waals surface area contributed by atoms with Crippen LogP contribution in [0.2, 0.25) is 5.02 Å². The summed E-state index contributed by atoms with van der Waals surface area (Å²) in [6, 6.07) is 10.4. The molecule has 3 rings (SSSR count). The van der Waals surface area contributed by atoms with E-state index < -0.39 is 5.97 Å². The molecule has 3 aromatic rings. The number of pyridine rings is 1. The van der Waals surface area contributed by atoms with Crippen LogP contribution in [-0.4, -0.2) is 38.9 Å². The number of nitrogens with one attached hydrogen (secondary N) is 1. The molecule has 2 aromatic carbocycles. The minimum Gasteiger partial charge on any atom is -0.495 e. The maximum atomic E-state index is 12.1. The van der Waals surface area contributed by atoms with Crippen LogP contribution in [0.5, 0.6) is 17.2 Å². The lowest BCUT2D eigenvalue weighted by molar-refractivity contribution is 0.0594. The summed E-state index contributed by atoms with van der Waals surface area (Å²) in [5.41, 5.74) is 2.00. The molecule has 0 amide bonds. The van der Waals surface area contributed by atoms with E-state index in [4.69, 9.17) is 30.5 Å². The Hall–Kier alpha value is -3.19. The molecule has 1 heterocycles. The van der Waals surface area contributed by atoms with Gasteiger partial charge in [-0.2, -0.15) is 0 Å². The number of halogens is 1. The maximum absolute atomic E-state index is 12.1. The molecule has 0 aliphatic heterocycles. The third-order valence-corrected chi connectivity index (χ3v) is 4.52. The summed E-state index contributed by atoms with van der Waals surface area (Å²) < 4.78 is 21.1. The number of aromatic nitrogens is 1.